The molecule has 0 amide bonds. The van der Waals surface area contributed by atoms with Crippen molar-refractivity contribution < 1.29 is 32.2 Å². The van der Waals surface area contributed by atoms with Gasteiger partial charge in [0.2, 0.25) is 0 Å². The van der Waals surface area contributed by atoms with Crippen LogP contribution in [0.2, 0.25) is 0 Å². The fourth-order valence-corrected chi connectivity index (χ4v) is 1.82. The number of H-pyrrole nitrogens is 1. The van der Waals surface area contributed by atoms with E-state index in [0.29, 0.717) is 0 Å². The van der Waals surface area contributed by atoms with Gasteiger partial charge >= 0.3 is 12.1 Å². The smallest absolute Gasteiger partial charge is 0.423 e. The molecule has 1 aromatic heterocycles. The van der Waals surface area contributed by atoms with E-state index in [-0.39, 0.29) is 26.2 Å². The van der Waals surface area contributed by atoms with Crippen molar-refractivity contribution in [1.82, 2.24) is 10.2 Å². The molecule has 0 fully saturated rings. The summed E-state index contributed by atoms with van der Waals surface area (Å²) in [5.41, 5.74) is -3.21. The molecule has 0 aliphatic rings. The molecule has 0 saturated heterocycles. The monoisotopic (exact) mass is 353 g/mol. The summed E-state index contributed by atoms with van der Waals surface area (Å²) >= 11 is 0. The number of ether oxygens (including phenoxy) is 3. The zero-order valence-corrected chi connectivity index (χ0v) is 13.1. The van der Waals surface area contributed by atoms with Crippen molar-refractivity contribution in [3.05, 3.63) is 22.1 Å². The van der Waals surface area contributed by atoms with Gasteiger partial charge in [-0.2, -0.15) is 18.3 Å². The number of esters is 1. The Kier molecular flexibility index (Phi) is 7.65. The lowest BCUT2D eigenvalue weighted by Gasteiger charge is -2.21. The van der Waals surface area contributed by atoms with Gasteiger partial charge in [-0.1, -0.05) is 0 Å². The van der Waals surface area contributed by atoms with Gasteiger partial charge in [0, 0.05) is 7.11 Å². The third-order valence-electron chi connectivity index (χ3n) is 2.86. The van der Waals surface area contributed by atoms with Crippen LogP contribution >= 0.6 is 0 Å². The van der Waals surface area contributed by atoms with Crippen molar-refractivity contribution in [3.8, 4) is 0 Å². The lowest BCUT2D eigenvalue weighted by molar-refractivity contribution is -0.142. The number of methoxy groups -OCH3 is 2. The third kappa shape index (κ3) is 6.16. The first-order valence-electron chi connectivity index (χ1n) is 6.84. The zero-order valence-electron chi connectivity index (χ0n) is 13.1. The molecule has 1 aromatic rings. The van der Waals surface area contributed by atoms with Crippen LogP contribution in [0.1, 0.15) is 12.0 Å². The maximum absolute atomic E-state index is 13.0. The van der Waals surface area contributed by atoms with Crippen LogP contribution in [0.5, 0.6) is 0 Å². The van der Waals surface area contributed by atoms with Gasteiger partial charge in [-0.3, -0.25) is 9.59 Å². The molecule has 11 heteroatoms. The summed E-state index contributed by atoms with van der Waals surface area (Å²) in [5.74, 6) is -0.468. The molecule has 0 bridgehead atoms. The number of hydrogen-bond donors (Lipinski definition) is 2. The summed E-state index contributed by atoms with van der Waals surface area (Å²) in [5, 5.41) is 7.63. The summed E-state index contributed by atoms with van der Waals surface area (Å²) in [6, 6.07) is -0.683. The quantitative estimate of drug-likeness (QED) is 0.500. The van der Waals surface area contributed by atoms with E-state index >= 15 is 0 Å². The first-order valence-corrected chi connectivity index (χ1v) is 6.84. The van der Waals surface area contributed by atoms with Crippen LogP contribution in [0.25, 0.3) is 0 Å². The molecule has 8 nitrogen and oxygen atoms in total. The highest BCUT2D eigenvalue weighted by Gasteiger charge is 2.37. The summed E-state index contributed by atoms with van der Waals surface area (Å²) < 4.78 is 53.5. The minimum atomic E-state index is -4.85. The van der Waals surface area contributed by atoms with Gasteiger partial charge in [0.15, 0.2) is 0 Å². The number of hydrogen-bond acceptors (Lipinski definition) is 7. The maximum atomic E-state index is 13.0. The van der Waals surface area contributed by atoms with Gasteiger partial charge in [-0.25, -0.2) is 5.10 Å². The second-order valence-electron chi connectivity index (χ2n) is 4.68. The van der Waals surface area contributed by atoms with Crippen LogP contribution in [-0.2, 0) is 25.2 Å². The summed E-state index contributed by atoms with van der Waals surface area (Å²) in [6.07, 6.45) is -3.97. The Morgan fingerprint density at radius 1 is 1.38 bits per heavy atom. The van der Waals surface area contributed by atoms with Crippen molar-refractivity contribution in [2.75, 3.05) is 39.4 Å². The van der Waals surface area contributed by atoms with Gasteiger partial charge < -0.3 is 19.5 Å². The van der Waals surface area contributed by atoms with Crippen LogP contribution in [0.15, 0.2) is 11.0 Å². The predicted molar refractivity (Wildman–Crippen MR) is 76.6 cm³/mol. The molecule has 1 heterocycles. The molecule has 1 rings (SSSR count). The van der Waals surface area contributed by atoms with E-state index in [4.69, 9.17) is 9.47 Å². The molecule has 0 unspecified atom stereocenters. The lowest BCUT2D eigenvalue weighted by atomic mass is 10.2. The number of nitrogens with one attached hydrogen (secondary N) is 2. The third-order valence-corrected chi connectivity index (χ3v) is 2.86. The van der Waals surface area contributed by atoms with Gasteiger partial charge in [0.25, 0.3) is 5.56 Å². The highest BCUT2D eigenvalue weighted by atomic mass is 19.4. The maximum Gasteiger partial charge on any atom is 0.423 e. The van der Waals surface area contributed by atoms with Crippen molar-refractivity contribution in [1.29, 1.82) is 0 Å². The average Bonchev–Trinajstić information content (AvgIpc) is 2.50. The van der Waals surface area contributed by atoms with Gasteiger partial charge in [-0.05, 0) is 0 Å². The van der Waals surface area contributed by atoms with Gasteiger partial charge in [-0.15, -0.1) is 0 Å². The van der Waals surface area contributed by atoms with Gasteiger partial charge in [0.05, 0.1) is 51.3 Å². The molecule has 24 heavy (non-hydrogen) atoms. The lowest BCUT2D eigenvalue weighted by Crippen LogP contribution is -2.34. The van der Waals surface area contributed by atoms with Crippen molar-refractivity contribution in [2.24, 2.45) is 0 Å². The SMILES string of the molecule is COC[C@H](COCCC(=O)OC)Nc1cn[nH]c(=O)c1C(F)(F)F. The Hall–Kier alpha value is -2.14. The number of anilines is 1. The Morgan fingerprint density at radius 3 is 2.67 bits per heavy atom. The molecule has 0 saturated carbocycles. The van der Waals surface area contributed by atoms with E-state index in [2.05, 4.69) is 15.2 Å². The number of carbonyl (C=O) groups is 1. The molecule has 136 valence electrons. The number of rotatable bonds is 9. The van der Waals surface area contributed by atoms with Crippen LogP contribution in [0.3, 0.4) is 0 Å². The molecule has 2 N–H and O–H groups in total. The topological polar surface area (TPSA) is 103 Å². The largest absolute Gasteiger partial charge is 0.469 e. The van der Waals surface area contributed by atoms with E-state index < -0.39 is 35.0 Å². The van der Waals surface area contributed by atoms with Crippen LogP contribution in [0.4, 0.5) is 18.9 Å². The molecule has 0 aliphatic carbocycles. The van der Waals surface area contributed by atoms with Crippen molar-refractivity contribution in [2.45, 2.75) is 18.6 Å². The van der Waals surface area contributed by atoms with E-state index in [1.165, 1.54) is 14.2 Å². The zero-order chi connectivity index (χ0) is 18.2. The Morgan fingerprint density at radius 2 is 2.08 bits per heavy atom. The summed E-state index contributed by atoms with van der Waals surface area (Å²) in [7, 11) is 2.60. The number of halogens is 3. The summed E-state index contributed by atoms with van der Waals surface area (Å²) in [6.45, 7) is 0.00553. The molecule has 0 aliphatic heterocycles. The summed E-state index contributed by atoms with van der Waals surface area (Å²) in [4.78, 5) is 22.4. The van der Waals surface area contributed by atoms with E-state index in [1.807, 2.05) is 0 Å². The van der Waals surface area contributed by atoms with Crippen molar-refractivity contribution in [3.63, 3.8) is 0 Å². The second-order valence-corrected chi connectivity index (χ2v) is 4.68. The standard InChI is InChI=1S/C13H18F3N3O5/c1-22-6-8(7-24-4-3-10(20)23-2)18-9-5-17-19-12(21)11(9)13(14,15)16/h5,8H,3-4,6-7H2,1-2H3,(H2,18,19,21)/t8-/m1/s1. The number of aromatic nitrogens is 2. The molecule has 0 radical (unpaired) electrons. The second kappa shape index (κ2) is 9.23. The Labute approximate surface area is 135 Å². The van der Waals surface area contributed by atoms with Crippen LogP contribution in [0, 0.1) is 0 Å². The highest BCUT2D eigenvalue weighted by molar-refractivity contribution is 5.69. The molecular weight excluding hydrogens is 335 g/mol. The molecule has 0 aromatic carbocycles. The number of nitrogens with zero attached hydrogens (tertiary/aromatic N) is 1. The first-order chi connectivity index (χ1) is 11.3. The fraction of sp³-hybridized carbons (Fsp3) is 0.615. The minimum Gasteiger partial charge on any atom is -0.469 e. The Bertz CT molecular complexity index is 591. The predicted octanol–water partition coefficient (Wildman–Crippen LogP) is 0.795. The first kappa shape index (κ1) is 19.9. The normalized spacial score (nSPS) is 12.7. The Balaban J connectivity index is 2.77. The minimum absolute atomic E-state index is 0.0105. The number of aromatic amines is 1. The van der Waals surface area contributed by atoms with Crippen molar-refractivity contribution >= 4 is 11.7 Å². The average molecular weight is 353 g/mol. The molecule has 0 spiro atoms. The van der Waals surface area contributed by atoms with Crippen LogP contribution < -0.4 is 10.9 Å². The molecular formula is C13H18F3N3O5. The highest BCUT2D eigenvalue weighted by Crippen LogP contribution is 2.31. The fourth-order valence-electron chi connectivity index (χ4n) is 1.82. The van der Waals surface area contributed by atoms with E-state index in [0.717, 1.165) is 6.20 Å². The van der Waals surface area contributed by atoms with Crippen LogP contribution in [-0.4, -0.2) is 56.2 Å². The van der Waals surface area contributed by atoms with E-state index in [9.17, 15) is 22.8 Å². The number of carbonyl (C=O) groups excluding carboxylic acids is 1. The van der Waals surface area contributed by atoms with Gasteiger partial charge in [0.1, 0.15) is 5.56 Å². The molecule has 1 atom stereocenters. The van der Waals surface area contributed by atoms with E-state index in [1.54, 1.807) is 5.10 Å². The number of alkyl halides is 3.